The van der Waals surface area contributed by atoms with E-state index in [4.69, 9.17) is 4.42 Å². The summed E-state index contributed by atoms with van der Waals surface area (Å²) < 4.78 is 5.01. The summed E-state index contributed by atoms with van der Waals surface area (Å²) >= 11 is 0. The molecule has 1 amide bonds. The van der Waals surface area contributed by atoms with Crippen LogP contribution in [0.25, 0.3) is 0 Å². The molecule has 0 radical (unpaired) electrons. The van der Waals surface area contributed by atoms with E-state index >= 15 is 0 Å². The number of amides is 1. The predicted octanol–water partition coefficient (Wildman–Crippen LogP) is 2.95. The second kappa shape index (κ2) is 6.05. The minimum atomic E-state index is -0.149. The third-order valence-corrected chi connectivity index (χ3v) is 2.79. The predicted molar refractivity (Wildman–Crippen MR) is 70.5 cm³/mol. The molecule has 0 saturated heterocycles. The van der Waals surface area contributed by atoms with Crippen LogP contribution in [-0.4, -0.2) is 12.5 Å². The molecule has 0 atom stereocenters. The summed E-state index contributed by atoms with van der Waals surface area (Å²) in [6.07, 6.45) is 3.40. The molecule has 1 heterocycles. The van der Waals surface area contributed by atoms with Crippen molar-refractivity contribution in [3.05, 3.63) is 59.5 Å². The van der Waals surface area contributed by atoms with Gasteiger partial charge < -0.3 is 9.73 Å². The van der Waals surface area contributed by atoms with Crippen molar-refractivity contribution in [1.82, 2.24) is 5.32 Å². The molecule has 2 aromatic rings. The van der Waals surface area contributed by atoms with E-state index in [1.807, 2.05) is 0 Å². The standard InChI is InChI=1S/C15H17NO2/c1-12-6-8-13(9-7-12)4-2-10-16-15(17)14-5-3-11-18-14/h3,5-9,11H,2,4,10H2,1H3,(H,16,17). The molecule has 2 rings (SSSR count). The van der Waals surface area contributed by atoms with Gasteiger partial charge in [-0.25, -0.2) is 0 Å². The molecule has 18 heavy (non-hydrogen) atoms. The molecule has 0 fully saturated rings. The average molecular weight is 243 g/mol. The minimum absolute atomic E-state index is 0.149. The number of furan rings is 1. The fourth-order valence-electron chi connectivity index (χ4n) is 1.74. The van der Waals surface area contributed by atoms with Crippen molar-refractivity contribution in [2.75, 3.05) is 6.54 Å². The third-order valence-electron chi connectivity index (χ3n) is 2.79. The highest BCUT2D eigenvalue weighted by Gasteiger charge is 2.06. The van der Waals surface area contributed by atoms with Crippen LogP contribution in [-0.2, 0) is 6.42 Å². The number of aryl methyl sites for hydroxylation is 2. The fraction of sp³-hybridized carbons (Fsp3) is 0.267. The normalized spacial score (nSPS) is 10.3. The molecule has 1 N–H and O–H groups in total. The quantitative estimate of drug-likeness (QED) is 0.820. The van der Waals surface area contributed by atoms with Gasteiger partial charge in [-0.15, -0.1) is 0 Å². The van der Waals surface area contributed by atoms with Gasteiger partial charge in [-0.3, -0.25) is 4.79 Å². The van der Waals surface area contributed by atoms with Gasteiger partial charge in [-0.1, -0.05) is 29.8 Å². The molecule has 1 aromatic heterocycles. The first kappa shape index (κ1) is 12.4. The van der Waals surface area contributed by atoms with Crippen molar-refractivity contribution in [2.24, 2.45) is 0 Å². The first-order chi connectivity index (χ1) is 8.75. The van der Waals surface area contributed by atoms with Crippen molar-refractivity contribution < 1.29 is 9.21 Å². The van der Waals surface area contributed by atoms with E-state index in [1.54, 1.807) is 12.1 Å². The van der Waals surface area contributed by atoms with Gasteiger partial charge in [-0.2, -0.15) is 0 Å². The summed E-state index contributed by atoms with van der Waals surface area (Å²) in [5.74, 6) is 0.217. The maximum absolute atomic E-state index is 11.6. The van der Waals surface area contributed by atoms with E-state index in [-0.39, 0.29) is 5.91 Å². The Labute approximate surface area is 107 Å². The maximum atomic E-state index is 11.6. The van der Waals surface area contributed by atoms with E-state index in [0.717, 1.165) is 12.8 Å². The molecule has 0 unspecified atom stereocenters. The van der Waals surface area contributed by atoms with Crippen LogP contribution in [0.5, 0.6) is 0 Å². The van der Waals surface area contributed by atoms with Gasteiger partial charge >= 0.3 is 0 Å². The second-order valence-corrected chi connectivity index (χ2v) is 4.32. The zero-order valence-corrected chi connectivity index (χ0v) is 10.5. The molecule has 0 bridgehead atoms. The van der Waals surface area contributed by atoms with Crippen LogP contribution in [0.15, 0.2) is 47.1 Å². The van der Waals surface area contributed by atoms with Crippen molar-refractivity contribution in [3.63, 3.8) is 0 Å². The van der Waals surface area contributed by atoms with Crippen LogP contribution in [0, 0.1) is 6.92 Å². The number of hydrogen-bond acceptors (Lipinski definition) is 2. The first-order valence-corrected chi connectivity index (χ1v) is 6.13. The lowest BCUT2D eigenvalue weighted by atomic mass is 10.1. The van der Waals surface area contributed by atoms with Crippen LogP contribution in [0.4, 0.5) is 0 Å². The molecule has 0 aliphatic carbocycles. The Kier molecular flexibility index (Phi) is 4.18. The lowest BCUT2D eigenvalue weighted by Crippen LogP contribution is -2.24. The summed E-state index contributed by atoms with van der Waals surface area (Å²) in [7, 11) is 0. The number of carbonyl (C=O) groups excluding carboxylic acids is 1. The summed E-state index contributed by atoms with van der Waals surface area (Å²) in [6.45, 7) is 2.74. The van der Waals surface area contributed by atoms with Crippen molar-refractivity contribution in [1.29, 1.82) is 0 Å². The molecule has 3 heteroatoms. The monoisotopic (exact) mass is 243 g/mol. The Morgan fingerprint density at radius 2 is 2.00 bits per heavy atom. The molecule has 94 valence electrons. The Morgan fingerprint density at radius 1 is 1.22 bits per heavy atom. The number of hydrogen-bond donors (Lipinski definition) is 1. The van der Waals surface area contributed by atoms with Crippen LogP contribution >= 0.6 is 0 Å². The largest absolute Gasteiger partial charge is 0.459 e. The average Bonchev–Trinajstić information content (AvgIpc) is 2.90. The second-order valence-electron chi connectivity index (χ2n) is 4.32. The first-order valence-electron chi connectivity index (χ1n) is 6.13. The van der Waals surface area contributed by atoms with E-state index in [2.05, 4.69) is 36.5 Å². The van der Waals surface area contributed by atoms with E-state index in [9.17, 15) is 4.79 Å². The summed E-state index contributed by atoms with van der Waals surface area (Å²) in [6, 6.07) is 11.8. The number of rotatable bonds is 5. The lowest BCUT2D eigenvalue weighted by molar-refractivity contribution is 0.0925. The van der Waals surface area contributed by atoms with Gasteiger partial charge in [0.15, 0.2) is 5.76 Å². The lowest BCUT2D eigenvalue weighted by Gasteiger charge is -2.04. The molecular formula is C15H17NO2. The summed E-state index contributed by atoms with van der Waals surface area (Å²) in [5.41, 5.74) is 2.57. The highest BCUT2D eigenvalue weighted by molar-refractivity contribution is 5.91. The van der Waals surface area contributed by atoms with Crippen LogP contribution in [0.2, 0.25) is 0 Å². The highest BCUT2D eigenvalue weighted by Crippen LogP contribution is 2.05. The summed E-state index contributed by atoms with van der Waals surface area (Å²) in [4.78, 5) is 11.6. The topological polar surface area (TPSA) is 42.2 Å². The van der Waals surface area contributed by atoms with Gasteiger partial charge in [0.05, 0.1) is 6.26 Å². The summed E-state index contributed by atoms with van der Waals surface area (Å²) in [5, 5.41) is 2.83. The Balaban J connectivity index is 1.70. The van der Waals surface area contributed by atoms with Crippen LogP contribution in [0.1, 0.15) is 28.1 Å². The Bertz CT molecular complexity index is 486. The minimum Gasteiger partial charge on any atom is -0.459 e. The third kappa shape index (κ3) is 3.48. The van der Waals surface area contributed by atoms with Crippen LogP contribution in [0.3, 0.4) is 0 Å². The van der Waals surface area contributed by atoms with Crippen molar-refractivity contribution in [3.8, 4) is 0 Å². The van der Waals surface area contributed by atoms with E-state index in [0.29, 0.717) is 12.3 Å². The maximum Gasteiger partial charge on any atom is 0.286 e. The van der Waals surface area contributed by atoms with Gasteiger partial charge in [0.1, 0.15) is 0 Å². The van der Waals surface area contributed by atoms with Crippen LogP contribution < -0.4 is 5.32 Å². The number of nitrogens with one attached hydrogen (secondary N) is 1. The zero-order valence-electron chi connectivity index (χ0n) is 10.5. The van der Waals surface area contributed by atoms with Gasteiger partial charge in [0, 0.05) is 6.54 Å². The van der Waals surface area contributed by atoms with E-state index < -0.39 is 0 Å². The zero-order chi connectivity index (χ0) is 12.8. The molecule has 0 saturated carbocycles. The molecule has 0 aliphatic heterocycles. The smallest absolute Gasteiger partial charge is 0.286 e. The SMILES string of the molecule is Cc1ccc(CCCNC(=O)c2ccco2)cc1. The van der Waals surface area contributed by atoms with Gasteiger partial charge in [-0.05, 0) is 37.5 Å². The molecule has 3 nitrogen and oxygen atoms in total. The molecule has 0 aliphatic rings. The number of benzene rings is 1. The van der Waals surface area contributed by atoms with Gasteiger partial charge in [0.2, 0.25) is 0 Å². The highest BCUT2D eigenvalue weighted by atomic mass is 16.3. The molecular weight excluding hydrogens is 226 g/mol. The van der Waals surface area contributed by atoms with Gasteiger partial charge in [0.25, 0.3) is 5.91 Å². The Morgan fingerprint density at radius 3 is 2.67 bits per heavy atom. The molecule has 1 aromatic carbocycles. The Hall–Kier alpha value is -2.03. The number of carbonyl (C=O) groups is 1. The van der Waals surface area contributed by atoms with Crippen molar-refractivity contribution in [2.45, 2.75) is 19.8 Å². The van der Waals surface area contributed by atoms with E-state index in [1.165, 1.54) is 17.4 Å². The van der Waals surface area contributed by atoms with Crippen molar-refractivity contribution >= 4 is 5.91 Å². The fourth-order valence-corrected chi connectivity index (χ4v) is 1.74. The molecule has 0 spiro atoms.